The number of anilines is 2. The number of ether oxygens (including phenoxy) is 2. The van der Waals surface area contributed by atoms with Gasteiger partial charge in [0.25, 0.3) is 15.9 Å². The molecule has 2 radical (unpaired) electrons. The Morgan fingerprint density at radius 3 is 2.25 bits per heavy atom. The van der Waals surface area contributed by atoms with Gasteiger partial charge < -0.3 is 14.8 Å². The number of hydrogen-bond donors (Lipinski definition) is 3. The van der Waals surface area contributed by atoms with Gasteiger partial charge in [-0.05, 0) is 72.4 Å². The second kappa shape index (κ2) is 13.1. The molecule has 0 aliphatic rings. The van der Waals surface area contributed by atoms with E-state index in [-0.39, 0.29) is 15.6 Å². The van der Waals surface area contributed by atoms with Gasteiger partial charge in [0.2, 0.25) is 0 Å². The van der Waals surface area contributed by atoms with Crippen LogP contribution in [0.15, 0.2) is 102 Å². The molecule has 0 aliphatic carbocycles. The van der Waals surface area contributed by atoms with E-state index in [1.807, 2.05) is 30.3 Å². The number of nitrogens with one attached hydrogen (secondary N) is 3. The van der Waals surface area contributed by atoms with Gasteiger partial charge in [0.15, 0.2) is 5.11 Å². The minimum Gasteiger partial charge on any atom is -0.497 e. The third kappa shape index (κ3) is 7.84. The maximum Gasteiger partial charge on any atom is 0.261 e. The highest BCUT2D eigenvalue weighted by Crippen LogP contribution is 2.21. The fourth-order valence-corrected chi connectivity index (χ4v) is 4.97. The first-order valence-electron chi connectivity index (χ1n) is 12.2. The molecule has 4 rings (SSSR count). The Hall–Kier alpha value is -4.35. The minimum atomic E-state index is -3.81. The Balaban J connectivity index is 1.35. The summed E-state index contributed by atoms with van der Waals surface area (Å²) in [7, 11) is 3.62. The smallest absolute Gasteiger partial charge is 0.261 e. The number of hydrogen-bond acceptors (Lipinski definition) is 6. The third-order valence-corrected chi connectivity index (χ3v) is 7.33. The molecule has 0 atom stereocenters. The summed E-state index contributed by atoms with van der Waals surface area (Å²) in [6, 6.07) is 27.1. The van der Waals surface area contributed by atoms with Crippen LogP contribution in [-0.4, -0.2) is 41.0 Å². The third-order valence-electron chi connectivity index (χ3n) is 5.73. The van der Waals surface area contributed by atoms with Crippen LogP contribution in [0.5, 0.6) is 11.5 Å². The van der Waals surface area contributed by atoms with Crippen molar-refractivity contribution >= 4 is 57.9 Å². The predicted molar refractivity (Wildman–Crippen MR) is 161 cm³/mol. The van der Waals surface area contributed by atoms with E-state index in [4.69, 9.17) is 29.5 Å². The van der Waals surface area contributed by atoms with E-state index in [1.54, 1.807) is 48.5 Å². The monoisotopic (exact) mass is 571 g/mol. The van der Waals surface area contributed by atoms with Gasteiger partial charge >= 0.3 is 0 Å². The molecule has 0 unspecified atom stereocenters. The number of methoxy groups -OCH3 is 1. The summed E-state index contributed by atoms with van der Waals surface area (Å²) in [5.74, 6) is 0.496. The molecule has 4 aromatic carbocycles. The molecule has 0 saturated carbocycles. The van der Waals surface area contributed by atoms with Gasteiger partial charge in [-0.3, -0.25) is 14.8 Å². The second-order valence-corrected chi connectivity index (χ2v) is 10.7. The van der Waals surface area contributed by atoms with Crippen molar-refractivity contribution in [3.8, 4) is 11.5 Å². The van der Waals surface area contributed by atoms with Crippen molar-refractivity contribution in [2.24, 2.45) is 0 Å². The number of thiocarbonyl (C=S) groups is 1. The maximum atomic E-state index is 13.0. The van der Waals surface area contributed by atoms with Crippen molar-refractivity contribution < 1.29 is 22.7 Å². The van der Waals surface area contributed by atoms with E-state index in [1.165, 1.54) is 25.3 Å². The molecule has 8 nitrogen and oxygen atoms in total. The van der Waals surface area contributed by atoms with Gasteiger partial charge in [-0.15, -0.1) is 0 Å². The quantitative estimate of drug-likeness (QED) is 0.195. The van der Waals surface area contributed by atoms with E-state index >= 15 is 0 Å². The number of carbonyl (C=O) groups is 1. The molecule has 0 bridgehead atoms. The molecule has 11 heteroatoms. The van der Waals surface area contributed by atoms with Crippen LogP contribution >= 0.6 is 12.2 Å². The van der Waals surface area contributed by atoms with Crippen molar-refractivity contribution in [1.82, 2.24) is 5.32 Å². The number of amides is 1. The lowest BCUT2D eigenvalue weighted by Crippen LogP contribution is -2.34. The summed E-state index contributed by atoms with van der Waals surface area (Å²) < 4.78 is 38.9. The van der Waals surface area contributed by atoms with E-state index in [9.17, 15) is 13.2 Å². The number of carbonyl (C=O) groups excluding carboxylic acids is 1. The summed E-state index contributed by atoms with van der Waals surface area (Å²) >= 11 is 5.30. The normalized spacial score (nSPS) is 10.8. The lowest BCUT2D eigenvalue weighted by molar-refractivity contribution is 0.0974. The fraction of sp³-hybridized carbons (Fsp3) is 0.103. The molecule has 1 amide bonds. The molecule has 4 aromatic rings. The first kappa shape index (κ1) is 28.7. The van der Waals surface area contributed by atoms with Gasteiger partial charge in [-0.25, -0.2) is 8.42 Å². The van der Waals surface area contributed by atoms with Crippen LogP contribution in [0.4, 0.5) is 11.4 Å². The summed E-state index contributed by atoms with van der Waals surface area (Å²) in [4.78, 5) is 13.0. The summed E-state index contributed by atoms with van der Waals surface area (Å²) in [6.07, 6.45) is 0.674. The van der Waals surface area contributed by atoms with Crippen LogP contribution in [0.3, 0.4) is 0 Å². The standard InChI is InChI=1S/C29H26BN3O5S2/c1-37-24-12-8-23(9-13-24)33-40(35,36)25-14-10-22(11-15-25)31-29(39)32-28(34)26-19-21(30)7-16-27(26)38-18-17-20-5-3-2-4-6-20/h2-16,19,33H,17-18H2,1H3,(H2,31,32,34,39). The van der Waals surface area contributed by atoms with Gasteiger partial charge in [0.1, 0.15) is 19.3 Å². The Labute approximate surface area is 240 Å². The lowest BCUT2D eigenvalue weighted by atomic mass is 9.94. The van der Waals surface area contributed by atoms with Crippen molar-refractivity contribution in [1.29, 1.82) is 0 Å². The first-order chi connectivity index (χ1) is 19.2. The maximum absolute atomic E-state index is 13.0. The van der Waals surface area contributed by atoms with Crippen LogP contribution in [0.25, 0.3) is 0 Å². The summed E-state index contributed by atoms with van der Waals surface area (Å²) in [5, 5.41) is 5.52. The Morgan fingerprint density at radius 1 is 0.900 bits per heavy atom. The minimum absolute atomic E-state index is 0.0228. The Bertz CT molecular complexity index is 1580. The Kier molecular flexibility index (Phi) is 9.41. The van der Waals surface area contributed by atoms with Gasteiger partial charge in [0, 0.05) is 17.8 Å². The van der Waals surface area contributed by atoms with Crippen LogP contribution < -0.4 is 30.3 Å². The van der Waals surface area contributed by atoms with E-state index < -0.39 is 15.9 Å². The highest BCUT2D eigenvalue weighted by molar-refractivity contribution is 7.92. The molecular weight excluding hydrogens is 545 g/mol. The molecular formula is C29H26BN3O5S2. The van der Waals surface area contributed by atoms with E-state index in [0.717, 1.165) is 5.56 Å². The lowest BCUT2D eigenvalue weighted by Gasteiger charge is -2.14. The van der Waals surface area contributed by atoms with Crippen molar-refractivity contribution in [2.75, 3.05) is 23.8 Å². The molecule has 0 aliphatic heterocycles. The zero-order valence-electron chi connectivity index (χ0n) is 21.6. The average Bonchev–Trinajstić information content (AvgIpc) is 2.95. The number of benzene rings is 4. The second-order valence-electron chi connectivity index (χ2n) is 8.61. The molecule has 0 saturated heterocycles. The molecule has 40 heavy (non-hydrogen) atoms. The van der Waals surface area contributed by atoms with Crippen LogP contribution in [0.1, 0.15) is 15.9 Å². The largest absolute Gasteiger partial charge is 0.497 e. The van der Waals surface area contributed by atoms with Crippen molar-refractivity contribution in [3.05, 3.63) is 108 Å². The molecule has 0 fully saturated rings. The molecule has 3 N–H and O–H groups in total. The van der Waals surface area contributed by atoms with Crippen LogP contribution in [0, 0.1) is 0 Å². The average molecular weight is 571 g/mol. The summed E-state index contributed by atoms with van der Waals surface area (Å²) in [6.45, 7) is 0.374. The van der Waals surface area contributed by atoms with E-state index in [0.29, 0.717) is 41.4 Å². The zero-order valence-corrected chi connectivity index (χ0v) is 23.2. The number of sulfonamides is 1. The first-order valence-corrected chi connectivity index (χ1v) is 14.1. The molecule has 0 spiro atoms. The highest BCUT2D eigenvalue weighted by Gasteiger charge is 2.16. The molecule has 0 heterocycles. The van der Waals surface area contributed by atoms with E-state index in [2.05, 4.69) is 15.4 Å². The zero-order chi connectivity index (χ0) is 28.5. The predicted octanol–water partition coefficient (Wildman–Crippen LogP) is 4.04. The van der Waals surface area contributed by atoms with Gasteiger partial charge in [-0.1, -0.05) is 47.9 Å². The van der Waals surface area contributed by atoms with Crippen molar-refractivity contribution in [2.45, 2.75) is 11.3 Å². The van der Waals surface area contributed by atoms with Crippen LogP contribution in [-0.2, 0) is 16.4 Å². The van der Waals surface area contributed by atoms with Gasteiger partial charge in [-0.2, -0.15) is 0 Å². The SMILES string of the molecule is [B]c1ccc(OCCc2ccccc2)c(C(=O)NC(=S)Nc2ccc(S(=O)(=O)Nc3ccc(OC)cc3)cc2)c1. The Morgan fingerprint density at radius 2 is 1.57 bits per heavy atom. The van der Waals surface area contributed by atoms with Crippen molar-refractivity contribution in [3.63, 3.8) is 0 Å². The highest BCUT2D eigenvalue weighted by atomic mass is 32.2. The fourth-order valence-electron chi connectivity index (χ4n) is 3.70. The molecule has 202 valence electrons. The molecule has 0 aromatic heterocycles. The summed E-state index contributed by atoms with van der Waals surface area (Å²) in [5.41, 5.74) is 2.64. The van der Waals surface area contributed by atoms with Gasteiger partial charge in [0.05, 0.1) is 24.2 Å². The number of rotatable bonds is 10. The van der Waals surface area contributed by atoms with Crippen LogP contribution in [0.2, 0.25) is 0 Å². The topological polar surface area (TPSA) is 106 Å².